The number of benzene rings is 2. The minimum absolute atomic E-state index is 0.996. The van der Waals surface area contributed by atoms with Crippen molar-refractivity contribution in [1.29, 1.82) is 0 Å². The van der Waals surface area contributed by atoms with Gasteiger partial charge in [-0.05, 0) is 17.5 Å². The van der Waals surface area contributed by atoms with Crippen LogP contribution in [0.4, 0.5) is 0 Å². The Hall–Kier alpha value is -1.82. The molecular weight excluding hydrogens is 180 g/mol. The van der Waals surface area contributed by atoms with Gasteiger partial charge in [-0.3, -0.25) is 0 Å². The summed E-state index contributed by atoms with van der Waals surface area (Å²) in [6.07, 6.45) is 5.35. The third-order valence-corrected chi connectivity index (χ3v) is 2.31. The Morgan fingerprint density at radius 1 is 0.733 bits per heavy atom. The van der Waals surface area contributed by atoms with Crippen molar-refractivity contribution in [3.05, 3.63) is 77.9 Å². The lowest BCUT2D eigenvalue weighted by atomic mass is 10.1. The van der Waals surface area contributed by atoms with E-state index in [0.717, 1.165) is 6.42 Å². The highest BCUT2D eigenvalue weighted by Crippen LogP contribution is 2.04. The highest BCUT2D eigenvalue weighted by atomic mass is 13.9. The molecule has 0 amide bonds. The summed E-state index contributed by atoms with van der Waals surface area (Å²) in [6.45, 7) is 0. The van der Waals surface area contributed by atoms with Gasteiger partial charge < -0.3 is 0 Å². The van der Waals surface area contributed by atoms with Gasteiger partial charge in [-0.15, -0.1) is 0 Å². The fraction of sp³-hybridized carbons (Fsp3) is 0.0667. The molecule has 0 aliphatic heterocycles. The lowest BCUT2D eigenvalue weighted by Gasteiger charge is -1.94. The summed E-state index contributed by atoms with van der Waals surface area (Å²) in [5.41, 5.74) is 2.61. The van der Waals surface area contributed by atoms with Crippen LogP contribution in [0, 0.1) is 0 Å². The molecule has 0 spiro atoms. The van der Waals surface area contributed by atoms with Gasteiger partial charge in [0.2, 0.25) is 0 Å². The molecule has 15 heavy (non-hydrogen) atoms. The van der Waals surface area contributed by atoms with Gasteiger partial charge in [-0.2, -0.15) is 0 Å². The molecule has 0 aliphatic rings. The number of hydrogen-bond donors (Lipinski definition) is 0. The van der Waals surface area contributed by atoms with Crippen molar-refractivity contribution in [2.75, 3.05) is 0 Å². The molecule has 0 aromatic heterocycles. The van der Waals surface area contributed by atoms with E-state index < -0.39 is 0 Å². The van der Waals surface area contributed by atoms with Crippen molar-refractivity contribution >= 4 is 6.08 Å². The van der Waals surface area contributed by atoms with Crippen molar-refractivity contribution < 1.29 is 0 Å². The topological polar surface area (TPSA) is 0 Å². The second-order valence-electron chi connectivity index (χ2n) is 3.50. The van der Waals surface area contributed by atoms with Crippen molar-refractivity contribution in [1.82, 2.24) is 0 Å². The largest absolute Gasteiger partial charge is 0.0795 e. The molecular formula is C15H14. The van der Waals surface area contributed by atoms with Gasteiger partial charge >= 0.3 is 0 Å². The molecule has 2 aromatic carbocycles. The highest BCUT2D eigenvalue weighted by molar-refractivity contribution is 5.49. The third kappa shape index (κ3) is 3.10. The van der Waals surface area contributed by atoms with Gasteiger partial charge in [0, 0.05) is 0 Å². The summed E-state index contributed by atoms with van der Waals surface area (Å²) < 4.78 is 0. The zero-order chi connectivity index (χ0) is 10.3. The van der Waals surface area contributed by atoms with Crippen LogP contribution in [-0.2, 0) is 6.42 Å². The molecule has 0 aliphatic carbocycles. The zero-order valence-corrected chi connectivity index (χ0v) is 8.64. The smallest absolute Gasteiger partial charge is 0.00941 e. The Balaban J connectivity index is 1.97. The molecule has 74 valence electrons. The average molecular weight is 194 g/mol. The number of allylic oxidation sites excluding steroid dienone is 1. The molecule has 0 radical (unpaired) electrons. The van der Waals surface area contributed by atoms with E-state index in [2.05, 4.69) is 60.7 Å². The maximum Gasteiger partial charge on any atom is -0.00941 e. The van der Waals surface area contributed by atoms with Crippen LogP contribution in [0.5, 0.6) is 0 Å². The van der Waals surface area contributed by atoms with Crippen LogP contribution in [0.3, 0.4) is 0 Å². The van der Waals surface area contributed by atoms with Crippen LogP contribution in [-0.4, -0.2) is 0 Å². The van der Waals surface area contributed by atoms with Gasteiger partial charge in [0.1, 0.15) is 0 Å². The molecule has 2 rings (SSSR count). The molecule has 0 fully saturated rings. The zero-order valence-electron chi connectivity index (χ0n) is 8.64. The molecule has 0 atom stereocenters. The summed E-state index contributed by atoms with van der Waals surface area (Å²) in [5, 5.41) is 0. The third-order valence-electron chi connectivity index (χ3n) is 2.31. The van der Waals surface area contributed by atoms with Gasteiger partial charge in [0.05, 0.1) is 0 Å². The molecule has 0 saturated carbocycles. The second-order valence-corrected chi connectivity index (χ2v) is 3.50. The van der Waals surface area contributed by atoms with E-state index in [-0.39, 0.29) is 0 Å². The number of rotatable bonds is 3. The van der Waals surface area contributed by atoms with Crippen molar-refractivity contribution in [3.8, 4) is 0 Å². The number of hydrogen-bond acceptors (Lipinski definition) is 0. The Kier molecular flexibility index (Phi) is 3.34. The summed E-state index contributed by atoms with van der Waals surface area (Å²) >= 11 is 0. The molecule has 0 heteroatoms. The molecule has 0 nitrogen and oxygen atoms in total. The summed E-state index contributed by atoms with van der Waals surface area (Å²) in [4.78, 5) is 0. The van der Waals surface area contributed by atoms with Crippen LogP contribution in [0.2, 0.25) is 0 Å². The Labute approximate surface area is 90.9 Å². The van der Waals surface area contributed by atoms with Crippen molar-refractivity contribution in [2.24, 2.45) is 0 Å². The summed E-state index contributed by atoms with van der Waals surface area (Å²) in [7, 11) is 0. The molecule has 0 saturated heterocycles. The van der Waals surface area contributed by atoms with E-state index in [1.807, 2.05) is 12.1 Å². The Bertz CT molecular complexity index is 412. The lowest BCUT2D eigenvalue weighted by Crippen LogP contribution is -1.78. The predicted molar refractivity (Wildman–Crippen MR) is 65.6 cm³/mol. The van der Waals surface area contributed by atoms with Crippen LogP contribution < -0.4 is 0 Å². The average Bonchev–Trinajstić information content (AvgIpc) is 2.32. The van der Waals surface area contributed by atoms with Crippen LogP contribution in [0.25, 0.3) is 6.08 Å². The summed E-state index contributed by atoms with van der Waals surface area (Å²) in [5.74, 6) is 0. The molecule has 0 N–H and O–H groups in total. The first kappa shape index (κ1) is 9.72. The van der Waals surface area contributed by atoms with E-state index in [1.54, 1.807) is 0 Å². The SMILES string of the molecule is C(=Cc1ccccc1)Cc1ccccc1. The lowest BCUT2D eigenvalue weighted by molar-refractivity contribution is 1.28. The normalized spacial score (nSPS) is 10.7. The fourth-order valence-corrected chi connectivity index (χ4v) is 1.51. The standard InChI is InChI=1S/C15H14/c1-3-8-14(9-4-1)12-7-13-15-10-5-2-6-11-15/h1-12H,13H2. The van der Waals surface area contributed by atoms with Crippen LogP contribution in [0.15, 0.2) is 66.7 Å². The first-order valence-electron chi connectivity index (χ1n) is 5.21. The predicted octanol–water partition coefficient (Wildman–Crippen LogP) is 3.94. The minimum Gasteiger partial charge on any atom is -0.0795 e. The maximum atomic E-state index is 2.20. The minimum atomic E-state index is 0.996. The van der Waals surface area contributed by atoms with Crippen molar-refractivity contribution in [3.63, 3.8) is 0 Å². The first-order valence-corrected chi connectivity index (χ1v) is 5.21. The Morgan fingerprint density at radius 2 is 1.33 bits per heavy atom. The molecule has 2 aromatic rings. The van der Waals surface area contributed by atoms with Gasteiger partial charge in [0.25, 0.3) is 0 Å². The Morgan fingerprint density at radius 3 is 2.00 bits per heavy atom. The van der Waals surface area contributed by atoms with Crippen LogP contribution in [0.1, 0.15) is 11.1 Å². The monoisotopic (exact) mass is 194 g/mol. The van der Waals surface area contributed by atoms with E-state index in [0.29, 0.717) is 0 Å². The highest BCUT2D eigenvalue weighted by Gasteiger charge is 1.86. The van der Waals surface area contributed by atoms with E-state index in [4.69, 9.17) is 0 Å². The molecule has 0 heterocycles. The van der Waals surface area contributed by atoms with Crippen LogP contribution >= 0.6 is 0 Å². The van der Waals surface area contributed by atoms with Crippen molar-refractivity contribution in [2.45, 2.75) is 6.42 Å². The second kappa shape index (κ2) is 5.16. The molecule has 0 bridgehead atoms. The van der Waals surface area contributed by atoms with Gasteiger partial charge in [-0.25, -0.2) is 0 Å². The van der Waals surface area contributed by atoms with E-state index in [1.165, 1.54) is 11.1 Å². The first-order chi connectivity index (χ1) is 7.45. The maximum absolute atomic E-state index is 2.20. The molecule has 0 unspecified atom stereocenters. The van der Waals surface area contributed by atoms with E-state index in [9.17, 15) is 0 Å². The van der Waals surface area contributed by atoms with Gasteiger partial charge in [0.15, 0.2) is 0 Å². The quantitative estimate of drug-likeness (QED) is 0.694. The fourth-order valence-electron chi connectivity index (χ4n) is 1.51. The van der Waals surface area contributed by atoms with Gasteiger partial charge in [-0.1, -0.05) is 72.8 Å². The summed E-state index contributed by atoms with van der Waals surface area (Å²) in [6, 6.07) is 20.9. The van der Waals surface area contributed by atoms with E-state index >= 15 is 0 Å².